The summed E-state index contributed by atoms with van der Waals surface area (Å²) in [7, 11) is 0. The molecule has 0 radical (unpaired) electrons. The van der Waals surface area contributed by atoms with Gasteiger partial charge in [-0.2, -0.15) is 5.10 Å². The Kier molecular flexibility index (Phi) is 4.58. The average molecular weight is 467 g/mol. The second-order valence-corrected chi connectivity index (χ2v) is 10.4. The maximum Gasteiger partial charge on any atom is 0.329 e. The molecule has 4 heterocycles. The van der Waals surface area contributed by atoms with Crippen LogP contribution in [-0.4, -0.2) is 40.2 Å². The molecule has 1 atom stereocenters. The van der Waals surface area contributed by atoms with Crippen molar-refractivity contribution in [2.24, 2.45) is 5.41 Å². The highest BCUT2D eigenvalue weighted by atomic mass is 16.4. The fraction of sp³-hybridized carbons (Fsp3) is 0.296. The third-order valence-corrected chi connectivity index (χ3v) is 6.98. The molecule has 0 aliphatic heterocycles. The molecule has 35 heavy (non-hydrogen) atoms. The highest BCUT2D eigenvalue weighted by molar-refractivity contribution is 5.79. The molecule has 4 aromatic heterocycles. The van der Waals surface area contributed by atoms with Crippen molar-refractivity contribution in [1.29, 1.82) is 0 Å². The van der Waals surface area contributed by atoms with Crippen LogP contribution in [0.3, 0.4) is 0 Å². The molecule has 1 unspecified atom stereocenters. The van der Waals surface area contributed by atoms with Crippen LogP contribution < -0.4 is 0 Å². The van der Waals surface area contributed by atoms with Crippen molar-refractivity contribution in [2.45, 2.75) is 45.1 Å². The first kappa shape index (κ1) is 21.5. The summed E-state index contributed by atoms with van der Waals surface area (Å²) in [4.78, 5) is 25.5. The lowest BCUT2D eigenvalue weighted by atomic mass is 9.87. The number of carboxylic acids is 1. The summed E-state index contributed by atoms with van der Waals surface area (Å²) in [6.45, 7) is 5.70. The summed E-state index contributed by atoms with van der Waals surface area (Å²) < 4.78 is 3.58. The minimum atomic E-state index is -0.904. The number of hydrogen-bond acceptors (Lipinski definition) is 5. The number of carbonyl (C=O) groups is 1. The number of pyridine rings is 1. The first-order valence-electron chi connectivity index (χ1n) is 11.7. The van der Waals surface area contributed by atoms with Crippen molar-refractivity contribution in [3.05, 3.63) is 78.6 Å². The molecule has 8 nitrogen and oxygen atoms in total. The maximum absolute atomic E-state index is 11.9. The van der Waals surface area contributed by atoms with Gasteiger partial charge in [-0.05, 0) is 48.1 Å². The molecule has 1 fully saturated rings. The number of hydrogen-bond donors (Lipinski definition) is 1. The zero-order valence-corrected chi connectivity index (χ0v) is 19.9. The largest absolute Gasteiger partial charge is 0.480 e. The third-order valence-electron chi connectivity index (χ3n) is 6.98. The Morgan fingerprint density at radius 2 is 1.89 bits per heavy atom. The van der Waals surface area contributed by atoms with Crippen LogP contribution in [-0.2, 0) is 10.2 Å². The second-order valence-electron chi connectivity index (χ2n) is 10.4. The van der Waals surface area contributed by atoms with E-state index in [9.17, 15) is 9.90 Å². The molecule has 1 aromatic carbocycles. The van der Waals surface area contributed by atoms with Crippen molar-refractivity contribution in [3.63, 3.8) is 0 Å². The quantitative estimate of drug-likeness (QED) is 0.396. The molecular weight excluding hydrogens is 440 g/mol. The number of nitrogens with zero attached hydrogens (tertiary/aromatic N) is 6. The highest BCUT2D eigenvalue weighted by Gasteiger charge is 2.48. The maximum atomic E-state index is 11.9. The summed E-state index contributed by atoms with van der Waals surface area (Å²) >= 11 is 0. The fourth-order valence-corrected chi connectivity index (χ4v) is 5.07. The first-order chi connectivity index (χ1) is 16.8. The van der Waals surface area contributed by atoms with Crippen LogP contribution in [0.1, 0.15) is 50.9 Å². The van der Waals surface area contributed by atoms with Crippen molar-refractivity contribution < 1.29 is 9.90 Å². The number of carboxylic acid groups (broad SMARTS) is 1. The summed E-state index contributed by atoms with van der Waals surface area (Å²) in [6.07, 6.45) is 11.3. The average Bonchev–Trinajstić information content (AvgIpc) is 3.29. The van der Waals surface area contributed by atoms with Gasteiger partial charge >= 0.3 is 5.97 Å². The van der Waals surface area contributed by atoms with Crippen LogP contribution in [0.25, 0.3) is 27.9 Å². The predicted molar refractivity (Wildman–Crippen MR) is 132 cm³/mol. The van der Waals surface area contributed by atoms with Gasteiger partial charge in [-0.1, -0.05) is 32.9 Å². The van der Waals surface area contributed by atoms with E-state index >= 15 is 0 Å². The molecule has 5 aromatic rings. The van der Waals surface area contributed by atoms with Gasteiger partial charge in [0.05, 0.1) is 23.1 Å². The lowest BCUT2D eigenvalue weighted by molar-refractivity contribution is -0.144. The molecular formula is C27H26N6O2. The highest BCUT2D eigenvalue weighted by Crippen LogP contribution is 2.53. The zero-order chi connectivity index (χ0) is 24.4. The molecule has 176 valence electrons. The van der Waals surface area contributed by atoms with E-state index in [1.807, 2.05) is 55.9 Å². The monoisotopic (exact) mass is 466 g/mol. The van der Waals surface area contributed by atoms with Gasteiger partial charge in [0, 0.05) is 41.2 Å². The third kappa shape index (κ3) is 3.48. The Balaban J connectivity index is 1.41. The van der Waals surface area contributed by atoms with Gasteiger partial charge < -0.3 is 5.11 Å². The van der Waals surface area contributed by atoms with E-state index in [2.05, 4.69) is 44.3 Å². The van der Waals surface area contributed by atoms with E-state index in [1.54, 1.807) is 12.4 Å². The molecule has 1 aliphatic rings. The summed E-state index contributed by atoms with van der Waals surface area (Å²) in [5.74, 6) is -0.270. The molecule has 8 heteroatoms. The normalized spacial score (nSPS) is 16.0. The summed E-state index contributed by atoms with van der Waals surface area (Å²) in [5, 5.41) is 15.5. The Labute approximate surface area is 202 Å². The van der Waals surface area contributed by atoms with Crippen molar-refractivity contribution in [3.8, 4) is 11.3 Å². The van der Waals surface area contributed by atoms with Crippen LogP contribution in [0.5, 0.6) is 0 Å². The van der Waals surface area contributed by atoms with Gasteiger partial charge in [0.1, 0.15) is 0 Å². The molecule has 0 saturated heterocycles. The minimum Gasteiger partial charge on any atom is -0.480 e. The first-order valence-corrected chi connectivity index (χ1v) is 11.7. The Morgan fingerprint density at radius 1 is 1.09 bits per heavy atom. The van der Waals surface area contributed by atoms with Gasteiger partial charge in [-0.15, -0.1) is 0 Å². The lowest BCUT2D eigenvalue weighted by Gasteiger charge is -2.27. The molecule has 0 bridgehead atoms. The molecule has 0 amide bonds. The van der Waals surface area contributed by atoms with Gasteiger partial charge in [0.2, 0.25) is 5.78 Å². The Morgan fingerprint density at radius 3 is 2.63 bits per heavy atom. The van der Waals surface area contributed by atoms with Crippen LogP contribution in [0.4, 0.5) is 0 Å². The fourth-order valence-electron chi connectivity index (χ4n) is 5.07. The molecule has 1 aliphatic carbocycles. The number of fused-ring (bicyclic) bond motifs is 2. The van der Waals surface area contributed by atoms with Crippen LogP contribution in [0.2, 0.25) is 0 Å². The van der Waals surface area contributed by atoms with Gasteiger partial charge in [-0.25, -0.2) is 14.8 Å². The number of imidazole rings is 1. The van der Waals surface area contributed by atoms with E-state index in [0.29, 0.717) is 11.5 Å². The zero-order valence-electron chi connectivity index (χ0n) is 19.9. The van der Waals surface area contributed by atoms with Gasteiger partial charge in [0.25, 0.3) is 0 Å². The Bertz CT molecular complexity index is 1590. The molecule has 6 rings (SSSR count). The van der Waals surface area contributed by atoms with Crippen molar-refractivity contribution >= 4 is 22.6 Å². The van der Waals surface area contributed by atoms with Crippen molar-refractivity contribution in [1.82, 2.24) is 29.1 Å². The van der Waals surface area contributed by atoms with E-state index < -0.39 is 17.4 Å². The van der Waals surface area contributed by atoms with Crippen LogP contribution in [0.15, 0.2) is 67.4 Å². The van der Waals surface area contributed by atoms with Gasteiger partial charge in [0.15, 0.2) is 6.04 Å². The lowest BCUT2D eigenvalue weighted by Crippen LogP contribution is -2.31. The van der Waals surface area contributed by atoms with E-state index in [0.717, 1.165) is 35.0 Å². The predicted octanol–water partition coefficient (Wildman–Crippen LogP) is 4.89. The number of aromatic nitrogens is 6. The Hall–Kier alpha value is -4.07. The number of aliphatic carboxylic acids is 1. The second kappa shape index (κ2) is 7.46. The SMILES string of the molecule is CC(C)(C)C(C(=O)O)n1ccc(-c2cnc3ncc(C4(c5ccc6ncccc6c5)CC4)n3c2)n1. The van der Waals surface area contributed by atoms with Gasteiger partial charge in [-0.3, -0.25) is 14.1 Å². The van der Waals surface area contributed by atoms with Crippen LogP contribution in [0, 0.1) is 5.41 Å². The summed E-state index contributed by atoms with van der Waals surface area (Å²) in [5.41, 5.74) is 4.24. The van der Waals surface area contributed by atoms with Crippen LogP contribution >= 0.6 is 0 Å². The minimum absolute atomic E-state index is 0.107. The summed E-state index contributed by atoms with van der Waals surface area (Å²) in [6, 6.07) is 11.6. The smallest absolute Gasteiger partial charge is 0.329 e. The molecule has 1 N–H and O–H groups in total. The topological polar surface area (TPSA) is 98.2 Å². The molecule has 0 spiro atoms. The van der Waals surface area contributed by atoms with Crippen molar-refractivity contribution in [2.75, 3.05) is 0 Å². The van der Waals surface area contributed by atoms with E-state index in [-0.39, 0.29) is 5.41 Å². The number of benzene rings is 1. The number of rotatable bonds is 5. The standard InChI is InChI=1S/C27H26N6O2/c1-26(2,3)23(24(34)35)33-12-8-21(31-33)18-14-29-25-30-15-22(32(25)16-18)27(9-10-27)19-6-7-20-17(13-19)5-4-11-28-20/h4-8,11-16,23H,9-10H2,1-3H3,(H,34,35). The van der Waals surface area contributed by atoms with E-state index in [4.69, 9.17) is 0 Å². The molecule has 1 saturated carbocycles. The van der Waals surface area contributed by atoms with E-state index in [1.165, 1.54) is 10.2 Å².